The molecule has 1 aliphatic heterocycles. The van der Waals surface area contributed by atoms with Crippen LogP contribution in [0.15, 0.2) is 11.4 Å². The molecule has 1 saturated heterocycles. The molecule has 1 aromatic heterocycles. The molecule has 90 valence electrons. The van der Waals surface area contributed by atoms with E-state index in [0.717, 1.165) is 12.8 Å². The molecular formula is C12H14N2O2S. The van der Waals surface area contributed by atoms with E-state index in [4.69, 9.17) is 10.4 Å². The van der Waals surface area contributed by atoms with Crippen molar-refractivity contribution in [1.82, 2.24) is 4.90 Å². The van der Waals surface area contributed by atoms with Gasteiger partial charge in [0.1, 0.15) is 10.9 Å². The summed E-state index contributed by atoms with van der Waals surface area (Å²) in [6, 6.07) is 3.72. The van der Waals surface area contributed by atoms with E-state index in [-0.39, 0.29) is 12.5 Å². The van der Waals surface area contributed by atoms with Crippen LogP contribution >= 0.6 is 11.3 Å². The molecule has 0 aliphatic carbocycles. The molecule has 0 atom stereocenters. The maximum atomic E-state index is 12.2. The Bertz CT molecular complexity index is 442. The second-order valence-electron chi connectivity index (χ2n) is 4.19. The summed E-state index contributed by atoms with van der Waals surface area (Å²) in [6.07, 6.45) is 1.69. The zero-order chi connectivity index (χ0) is 12.3. The van der Waals surface area contributed by atoms with E-state index in [1.54, 1.807) is 16.3 Å². The fraction of sp³-hybridized carbons (Fsp3) is 0.500. The van der Waals surface area contributed by atoms with E-state index in [1.165, 1.54) is 11.3 Å². The van der Waals surface area contributed by atoms with Gasteiger partial charge in [-0.15, -0.1) is 11.3 Å². The van der Waals surface area contributed by atoms with Crippen molar-refractivity contribution in [2.24, 2.45) is 5.92 Å². The van der Waals surface area contributed by atoms with Crippen LogP contribution in [0.25, 0.3) is 0 Å². The van der Waals surface area contributed by atoms with Crippen molar-refractivity contribution in [2.45, 2.75) is 12.8 Å². The maximum Gasteiger partial charge on any atom is 0.265 e. The number of amides is 1. The first kappa shape index (κ1) is 12.1. The number of aliphatic hydroxyl groups is 1. The SMILES string of the molecule is N#Cc1ccsc1C(=O)N1CCC(CO)CC1. The Morgan fingerprint density at radius 2 is 2.29 bits per heavy atom. The summed E-state index contributed by atoms with van der Waals surface area (Å²) in [5, 5.41) is 19.7. The summed E-state index contributed by atoms with van der Waals surface area (Å²) < 4.78 is 0. The van der Waals surface area contributed by atoms with Gasteiger partial charge in [-0.2, -0.15) is 5.26 Å². The summed E-state index contributed by atoms with van der Waals surface area (Å²) in [5.74, 6) is 0.269. The van der Waals surface area contributed by atoms with Gasteiger partial charge in [-0.05, 0) is 30.2 Å². The van der Waals surface area contributed by atoms with E-state index in [2.05, 4.69) is 0 Å². The van der Waals surface area contributed by atoms with Gasteiger partial charge in [0, 0.05) is 19.7 Å². The third-order valence-corrected chi connectivity index (χ3v) is 4.04. The number of nitrogens with zero attached hydrogens (tertiary/aromatic N) is 2. The molecule has 0 unspecified atom stereocenters. The van der Waals surface area contributed by atoms with Crippen LogP contribution < -0.4 is 0 Å². The van der Waals surface area contributed by atoms with Crippen LogP contribution in [0.4, 0.5) is 0 Å². The number of rotatable bonds is 2. The molecule has 5 heteroatoms. The summed E-state index contributed by atoms with van der Waals surface area (Å²) in [5.41, 5.74) is 0.462. The van der Waals surface area contributed by atoms with E-state index < -0.39 is 0 Å². The molecule has 2 rings (SSSR count). The molecule has 4 nitrogen and oxygen atoms in total. The molecule has 2 heterocycles. The monoisotopic (exact) mass is 250 g/mol. The number of hydrogen-bond acceptors (Lipinski definition) is 4. The molecule has 1 N–H and O–H groups in total. The van der Waals surface area contributed by atoms with Crippen LogP contribution in [-0.2, 0) is 0 Å². The first-order chi connectivity index (χ1) is 8.26. The van der Waals surface area contributed by atoms with Crippen molar-refractivity contribution >= 4 is 17.2 Å². The normalized spacial score (nSPS) is 16.8. The average Bonchev–Trinajstić information content (AvgIpc) is 2.86. The van der Waals surface area contributed by atoms with Crippen LogP contribution in [0.5, 0.6) is 0 Å². The average molecular weight is 250 g/mol. The lowest BCUT2D eigenvalue weighted by atomic mass is 9.98. The topological polar surface area (TPSA) is 64.3 Å². The molecule has 0 saturated carbocycles. The van der Waals surface area contributed by atoms with Crippen molar-refractivity contribution < 1.29 is 9.90 Å². The molecule has 17 heavy (non-hydrogen) atoms. The Morgan fingerprint density at radius 1 is 1.59 bits per heavy atom. The van der Waals surface area contributed by atoms with Crippen molar-refractivity contribution in [3.8, 4) is 6.07 Å². The molecule has 1 amide bonds. The minimum Gasteiger partial charge on any atom is -0.396 e. The van der Waals surface area contributed by atoms with Crippen LogP contribution in [0.3, 0.4) is 0 Å². The lowest BCUT2D eigenvalue weighted by molar-refractivity contribution is 0.0655. The Morgan fingerprint density at radius 3 is 2.88 bits per heavy atom. The van der Waals surface area contributed by atoms with Crippen molar-refractivity contribution in [3.63, 3.8) is 0 Å². The third-order valence-electron chi connectivity index (χ3n) is 3.14. The highest BCUT2D eigenvalue weighted by molar-refractivity contribution is 7.12. The van der Waals surface area contributed by atoms with Gasteiger partial charge < -0.3 is 10.0 Å². The lowest BCUT2D eigenvalue weighted by Crippen LogP contribution is -2.39. The fourth-order valence-corrected chi connectivity index (χ4v) is 2.84. The quantitative estimate of drug-likeness (QED) is 0.864. The van der Waals surface area contributed by atoms with E-state index in [1.807, 2.05) is 6.07 Å². The minimum atomic E-state index is -0.0482. The van der Waals surface area contributed by atoms with Gasteiger partial charge >= 0.3 is 0 Å². The van der Waals surface area contributed by atoms with Gasteiger partial charge in [0.15, 0.2) is 0 Å². The Hall–Kier alpha value is -1.38. The maximum absolute atomic E-state index is 12.2. The first-order valence-electron chi connectivity index (χ1n) is 5.64. The largest absolute Gasteiger partial charge is 0.396 e. The number of hydrogen-bond donors (Lipinski definition) is 1. The number of carbonyl (C=O) groups excluding carboxylic acids is 1. The first-order valence-corrected chi connectivity index (χ1v) is 6.52. The van der Waals surface area contributed by atoms with Gasteiger partial charge in [0.25, 0.3) is 5.91 Å². The summed E-state index contributed by atoms with van der Waals surface area (Å²) >= 11 is 1.32. The molecule has 1 aliphatic rings. The van der Waals surface area contributed by atoms with E-state index in [0.29, 0.717) is 29.4 Å². The Labute approximate surface area is 104 Å². The van der Waals surface area contributed by atoms with Gasteiger partial charge in [-0.1, -0.05) is 0 Å². The van der Waals surface area contributed by atoms with E-state index in [9.17, 15) is 4.79 Å². The number of thiophene rings is 1. The third kappa shape index (κ3) is 2.48. The summed E-state index contributed by atoms with van der Waals surface area (Å²) in [4.78, 5) is 14.5. The molecule has 0 bridgehead atoms. The summed E-state index contributed by atoms with van der Waals surface area (Å²) in [6.45, 7) is 1.55. The van der Waals surface area contributed by atoms with Crippen molar-refractivity contribution in [2.75, 3.05) is 19.7 Å². The molecule has 0 spiro atoms. The zero-order valence-electron chi connectivity index (χ0n) is 9.43. The highest BCUT2D eigenvalue weighted by Crippen LogP contribution is 2.22. The molecule has 1 fully saturated rings. The van der Waals surface area contributed by atoms with Gasteiger partial charge in [-0.25, -0.2) is 0 Å². The Kier molecular flexibility index (Phi) is 3.77. The zero-order valence-corrected chi connectivity index (χ0v) is 10.2. The van der Waals surface area contributed by atoms with Gasteiger partial charge in [0.05, 0.1) is 5.56 Å². The van der Waals surface area contributed by atoms with Crippen molar-refractivity contribution in [3.05, 3.63) is 21.9 Å². The molecule has 1 aromatic rings. The van der Waals surface area contributed by atoms with Gasteiger partial charge in [0.2, 0.25) is 0 Å². The highest BCUT2D eigenvalue weighted by Gasteiger charge is 2.25. The standard InChI is InChI=1S/C12H14N2O2S/c13-7-10-3-6-17-11(10)12(16)14-4-1-9(8-15)2-5-14/h3,6,9,15H,1-2,4-5,8H2. The predicted molar refractivity (Wildman–Crippen MR) is 64.7 cm³/mol. The number of piperidine rings is 1. The molecular weight excluding hydrogens is 236 g/mol. The number of aliphatic hydroxyl groups excluding tert-OH is 1. The number of nitriles is 1. The lowest BCUT2D eigenvalue weighted by Gasteiger charge is -2.30. The minimum absolute atomic E-state index is 0.0482. The van der Waals surface area contributed by atoms with Crippen LogP contribution in [0, 0.1) is 17.2 Å². The molecule has 0 radical (unpaired) electrons. The van der Waals surface area contributed by atoms with Crippen LogP contribution in [0.1, 0.15) is 28.1 Å². The smallest absolute Gasteiger partial charge is 0.265 e. The Balaban J connectivity index is 2.05. The predicted octanol–water partition coefficient (Wildman–Crippen LogP) is 1.46. The highest BCUT2D eigenvalue weighted by atomic mass is 32.1. The van der Waals surface area contributed by atoms with Crippen LogP contribution in [0.2, 0.25) is 0 Å². The molecule has 0 aromatic carbocycles. The van der Waals surface area contributed by atoms with Crippen LogP contribution in [-0.4, -0.2) is 35.6 Å². The fourth-order valence-electron chi connectivity index (χ4n) is 2.03. The summed E-state index contributed by atoms with van der Waals surface area (Å²) in [7, 11) is 0. The number of carbonyl (C=O) groups is 1. The second-order valence-corrected chi connectivity index (χ2v) is 5.11. The van der Waals surface area contributed by atoms with E-state index >= 15 is 0 Å². The van der Waals surface area contributed by atoms with Crippen molar-refractivity contribution in [1.29, 1.82) is 5.26 Å². The number of likely N-dealkylation sites (tertiary alicyclic amines) is 1. The van der Waals surface area contributed by atoms with Gasteiger partial charge in [-0.3, -0.25) is 4.79 Å². The second kappa shape index (κ2) is 5.30.